The van der Waals surface area contributed by atoms with Crippen molar-refractivity contribution in [1.82, 2.24) is 0 Å². The van der Waals surface area contributed by atoms with E-state index in [1.807, 2.05) is 0 Å². The molecule has 0 saturated carbocycles. The first-order chi connectivity index (χ1) is 6.20. The molecule has 0 aliphatic carbocycles. The third-order valence-corrected chi connectivity index (χ3v) is 1.82. The van der Waals surface area contributed by atoms with Crippen molar-refractivity contribution in [2.45, 2.75) is 18.9 Å². The highest BCUT2D eigenvalue weighted by Gasteiger charge is 2.21. The molecule has 1 aliphatic rings. The molecule has 1 unspecified atom stereocenters. The van der Waals surface area contributed by atoms with Crippen molar-refractivity contribution in [1.29, 1.82) is 0 Å². The highest BCUT2D eigenvalue weighted by molar-refractivity contribution is 5.91. The summed E-state index contributed by atoms with van der Waals surface area (Å²) >= 11 is 0. The molecule has 1 rings (SSSR count). The van der Waals surface area contributed by atoms with Gasteiger partial charge in [0.2, 0.25) is 5.91 Å². The summed E-state index contributed by atoms with van der Waals surface area (Å²) in [7, 11) is 0. The molecule has 1 heterocycles. The Morgan fingerprint density at radius 1 is 1.69 bits per heavy atom. The number of hydrogen-bond donors (Lipinski definition) is 1. The fourth-order valence-electron chi connectivity index (χ4n) is 0.890. The van der Waals surface area contributed by atoms with Crippen LogP contribution in [0.1, 0.15) is 12.8 Å². The summed E-state index contributed by atoms with van der Waals surface area (Å²) < 4.78 is 10.2. The minimum absolute atomic E-state index is 0.305. The Kier molecular flexibility index (Phi) is 3.92. The van der Waals surface area contributed by atoms with Crippen LogP contribution in [0.3, 0.4) is 0 Å². The maximum atomic E-state index is 10.5. The van der Waals surface area contributed by atoms with E-state index < -0.39 is 5.91 Å². The standard InChI is InChI=1S/C9H15NO3/c1-7(9(10)11)3-2-4-12-5-8-6-13-8/h8H,1-6H2,(H2,10,11). The molecule has 13 heavy (non-hydrogen) atoms. The summed E-state index contributed by atoms with van der Waals surface area (Å²) in [6.07, 6.45) is 1.70. The lowest BCUT2D eigenvalue weighted by Crippen LogP contribution is -2.13. The normalized spacial score (nSPS) is 19.8. The van der Waals surface area contributed by atoms with Gasteiger partial charge in [0.25, 0.3) is 0 Å². The highest BCUT2D eigenvalue weighted by atomic mass is 16.6. The Labute approximate surface area is 77.7 Å². The van der Waals surface area contributed by atoms with E-state index in [1.54, 1.807) is 0 Å². The molecule has 4 nitrogen and oxygen atoms in total. The largest absolute Gasteiger partial charge is 0.379 e. The molecule has 1 aliphatic heterocycles. The number of primary amides is 1. The van der Waals surface area contributed by atoms with Gasteiger partial charge in [-0.25, -0.2) is 0 Å². The Hall–Kier alpha value is -0.870. The SMILES string of the molecule is C=C(CCCOCC1CO1)C(N)=O. The molecule has 2 N–H and O–H groups in total. The molecule has 0 aromatic rings. The van der Waals surface area contributed by atoms with E-state index in [4.69, 9.17) is 15.2 Å². The van der Waals surface area contributed by atoms with E-state index in [-0.39, 0.29) is 0 Å². The Morgan fingerprint density at radius 3 is 2.92 bits per heavy atom. The molecule has 0 aromatic carbocycles. The van der Waals surface area contributed by atoms with Crippen LogP contribution in [0.2, 0.25) is 0 Å². The van der Waals surface area contributed by atoms with Gasteiger partial charge in [-0.1, -0.05) is 6.58 Å². The minimum Gasteiger partial charge on any atom is -0.379 e. The van der Waals surface area contributed by atoms with Crippen LogP contribution in [0.25, 0.3) is 0 Å². The Bertz CT molecular complexity index is 199. The predicted molar refractivity (Wildman–Crippen MR) is 48.1 cm³/mol. The van der Waals surface area contributed by atoms with Gasteiger partial charge in [-0.2, -0.15) is 0 Å². The first kappa shape index (κ1) is 10.2. The zero-order valence-corrected chi connectivity index (χ0v) is 7.62. The smallest absolute Gasteiger partial charge is 0.244 e. The molecule has 0 spiro atoms. The maximum absolute atomic E-state index is 10.5. The summed E-state index contributed by atoms with van der Waals surface area (Å²) in [4.78, 5) is 10.5. The quantitative estimate of drug-likeness (QED) is 0.350. The van der Waals surface area contributed by atoms with Crippen molar-refractivity contribution in [2.75, 3.05) is 19.8 Å². The average Bonchev–Trinajstić information content (AvgIpc) is 2.87. The first-order valence-corrected chi connectivity index (χ1v) is 4.37. The molecule has 1 saturated heterocycles. The molecule has 0 radical (unpaired) electrons. The van der Waals surface area contributed by atoms with Gasteiger partial charge >= 0.3 is 0 Å². The van der Waals surface area contributed by atoms with Gasteiger partial charge in [0, 0.05) is 12.2 Å². The fraction of sp³-hybridized carbons (Fsp3) is 0.667. The summed E-state index contributed by atoms with van der Waals surface area (Å²) in [6.45, 7) is 5.64. The number of epoxide rings is 1. The fourth-order valence-corrected chi connectivity index (χ4v) is 0.890. The maximum Gasteiger partial charge on any atom is 0.244 e. The van der Waals surface area contributed by atoms with E-state index in [0.717, 1.165) is 13.0 Å². The van der Waals surface area contributed by atoms with Crippen LogP contribution < -0.4 is 5.73 Å². The molecule has 1 atom stereocenters. The number of amides is 1. The zero-order chi connectivity index (χ0) is 9.68. The molecule has 0 aromatic heterocycles. The molecule has 0 bridgehead atoms. The van der Waals surface area contributed by atoms with Crippen LogP contribution in [0, 0.1) is 0 Å². The number of hydrogen-bond acceptors (Lipinski definition) is 3. The van der Waals surface area contributed by atoms with Crippen molar-refractivity contribution in [3.05, 3.63) is 12.2 Å². The van der Waals surface area contributed by atoms with E-state index in [1.165, 1.54) is 0 Å². The second-order valence-corrected chi connectivity index (χ2v) is 3.10. The monoisotopic (exact) mass is 185 g/mol. The van der Waals surface area contributed by atoms with Gasteiger partial charge in [0.1, 0.15) is 6.10 Å². The first-order valence-electron chi connectivity index (χ1n) is 4.37. The predicted octanol–water partition coefficient (Wildman–Crippen LogP) is 0.223. The van der Waals surface area contributed by atoms with Crippen molar-refractivity contribution in [2.24, 2.45) is 5.73 Å². The van der Waals surface area contributed by atoms with E-state index in [9.17, 15) is 4.79 Å². The molecule has 1 fully saturated rings. The third kappa shape index (κ3) is 4.65. The number of carbonyl (C=O) groups excluding carboxylic acids is 1. The van der Waals surface area contributed by atoms with Crippen molar-refractivity contribution < 1.29 is 14.3 Å². The van der Waals surface area contributed by atoms with Crippen LogP contribution in [-0.2, 0) is 14.3 Å². The lowest BCUT2D eigenvalue weighted by Gasteiger charge is -2.02. The number of ether oxygens (including phenoxy) is 2. The zero-order valence-electron chi connectivity index (χ0n) is 7.62. The topological polar surface area (TPSA) is 64.8 Å². The minimum atomic E-state index is -0.425. The molecule has 4 heteroatoms. The number of carbonyl (C=O) groups is 1. The van der Waals surface area contributed by atoms with Gasteiger partial charge in [-0.3, -0.25) is 4.79 Å². The molecular formula is C9H15NO3. The Morgan fingerprint density at radius 2 is 2.38 bits per heavy atom. The molecule has 74 valence electrons. The van der Waals surface area contributed by atoms with Gasteiger partial charge in [-0.05, 0) is 12.8 Å². The van der Waals surface area contributed by atoms with E-state index in [0.29, 0.717) is 31.3 Å². The summed E-state index contributed by atoms with van der Waals surface area (Å²) in [5.41, 5.74) is 5.47. The van der Waals surface area contributed by atoms with Crippen LogP contribution in [0.4, 0.5) is 0 Å². The van der Waals surface area contributed by atoms with Crippen LogP contribution in [0.15, 0.2) is 12.2 Å². The molecule has 1 amide bonds. The Balaban J connectivity index is 1.87. The summed E-state index contributed by atoms with van der Waals surface area (Å²) in [6, 6.07) is 0. The van der Waals surface area contributed by atoms with Crippen LogP contribution >= 0.6 is 0 Å². The van der Waals surface area contributed by atoms with Gasteiger partial charge < -0.3 is 15.2 Å². The average molecular weight is 185 g/mol. The number of nitrogens with two attached hydrogens (primary N) is 1. The van der Waals surface area contributed by atoms with E-state index >= 15 is 0 Å². The van der Waals surface area contributed by atoms with Gasteiger partial charge in [0.15, 0.2) is 0 Å². The second kappa shape index (κ2) is 4.99. The van der Waals surface area contributed by atoms with Gasteiger partial charge in [0.05, 0.1) is 13.2 Å². The number of rotatable bonds is 7. The van der Waals surface area contributed by atoms with Gasteiger partial charge in [-0.15, -0.1) is 0 Å². The summed E-state index contributed by atoms with van der Waals surface area (Å²) in [5, 5.41) is 0. The van der Waals surface area contributed by atoms with E-state index in [2.05, 4.69) is 6.58 Å². The van der Waals surface area contributed by atoms with Crippen molar-refractivity contribution in [3.63, 3.8) is 0 Å². The van der Waals surface area contributed by atoms with Crippen molar-refractivity contribution in [3.8, 4) is 0 Å². The lowest BCUT2D eigenvalue weighted by molar-refractivity contribution is -0.114. The highest BCUT2D eigenvalue weighted by Crippen LogP contribution is 2.09. The van der Waals surface area contributed by atoms with Crippen LogP contribution in [-0.4, -0.2) is 31.8 Å². The second-order valence-electron chi connectivity index (χ2n) is 3.10. The summed E-state index contributed by atoms with van der Waals surface area (Å²) in [5.74, 6) is -0.425. The lowest BCUT2D eigenvalue weighted by atomic mass is 10.1. The van der Waals surface area contributed by atoms with Crippen molar-refractivity contribution >= 4 is 5.91 Å². The molecular weight excluding hydrogens is 170 g/mol. The third-order valence-electron chi connectivity index (χ3n) is 1.82. The van der Waals surface area contributed by atoms with Crippen LogP contribution in [0.5, 0.6) is 0 Å².